The van der Waals surface area contributed by atoms with Crippen LogP contribution in [0.4, 0.5) is 5.69 Å². The molecular weight excluding hydrogens is 358 g/mol. The van der Waals surface area contributed by atoms with Gasteiger partial charge in [0.25, 0.3) is 5.91 Å². The minimum atomic E-state index is -0.709. The highest BCUT2D eigenvalue weighted by Crippen LogP contribution is 2.23. The molecule has 7 heteroatoms. The molecule has 2 aromatic carbocycles. The molecule has 138 valence electrons. The van der Waals surface area contributed by atoms with Crippen molar-refractivity contribution in [2.75, 3.05) is 19.5 Å². The molecule has 0 spiro atoms. The van der Waals surface area contributed by atoms with Gasteiger partial charge in [-0.15, -0.1) is 0 Å². The highest BCUT2D eigenvalue weighted by Gasteiger charge is 2.20. The Kier molecular flexibility index (Phi) is 6.86. The van der Waals surface area contributed by atoms with Crippen LogP contribution in [0.5, 0.6) is 11.5 Å². The summed E-state index contributed by atoms with van der Waals surface area (Å²) in [7, 11) is 2.82. The molecule has 1 N–H and O–H groups in total. The molecule has 0 aliphatic heterocycles. The maximum absolute atomic E-state index is 12.5. The molecule has 0 unspecified atom stereocenters. The Morgan fingerprint density at radius 1 is 1.12 bits per heavy atom. The molecule has 0 saturated heterocycles. The Balaban J connectivity index is 2.12. The molecule has 0 heterocycles. The van der Waals surface area contributed by atoms with Crippen LogP contribution in [0.25, 0.3) is 0 Å². The van der Waals surface area contributed by atoms with Crippen LogP contribution in [0, 0.1) is 0 Å². The second kappa shape index (κ2) is 9.10. The Morgan fingerprint density at radius 2 is 1.85 bits per heavy atom. The van der Waals surface area contributed by atoms with Crippen molar-refractivity contribution >= 4 is 29.2 Å². The lowest BCUT2D eigenvalue weighted by atomic mass is 10.2. The third kappa shape index (κ3) is 4.89. The lowest BCUT2D eigenvalue weighted by molar-refractivity contribution is -0.122. The number of hydrogen-bond acceptors (Lipinski definition) is 5. The molecule has 0 bridgehead atoms. The predicted octanol–water partition coefficient (Wildman–Crippen LogP) is 3.93. The fraction of sp³-hybridized carbons (Fsp3) is 0.263. The van der Waals surface area contributed by atoms with E-state index in [2.05, 4.69) is 10.1 Å². The topological polar surface area (TPSA) is 73.9 Å². The number of carbonyl (C=O) groups excluding carboxylic acids is 2. The Morgan fingerprint density at radius 3 is 2.50 bits per heavy atom. The number of nitrogens with one attached hydrogen (secondary N) is 1. The van der Waals surface area contributed by atoms with Crippen LogP contribution in [0.1, 0.15) is 23.7 Å². The van der Waals surface area contributed by atoms with Crippen molar-refractivity contribution in [2.45, 2.75) is 19.4 Å². The quantitative estimate of drug-likeness (QED) is 0.740. The third-order valence-corrected chi connectivity index (χ3v) is 3.95. The zero-order valence-electron chi connectivity index (χ0n) is 14.7. The Labute approximate surface area is 157 Å². The largest absolute Gasteiger partial charge is 0.497 e. The van der Waals surface area contributed by atoms with E-state index < -0.39 is 12.1 Å². The standard InChI is InChI=1S/C19H20ClNO5/c1-4-17(26-14-7-5-6-13(11-14)24-2)18(22)21-12-8-9-16(20)15(10-12)19(23)25-3/h5-11,17H,4H2,1-3H3,(H,21,22)/t17-/m1/s1. The average molecular weight is 378 g/mol. The van der Waals surface area contributed by atoms with Gasteiger partial charge in [-0.2, -0.15) is 0 Å². The zero-order valence-corrected chi connectivity index (χ0v) is 15.5. The monoisotopic (exact) mass is 377 g/mol. The molecule has 1 atom stereocenters. The third-order valence-electron chi connectivity index (χ3n) is 3.62. The van der Waals surface area contributed by atoms with E-state index in [4.69, 9.17) is 21.1 Å². The van der Waals surface area contributed by atoms with Crippen LogP contribution in [0.15, 0.2) is 42.5 Å². The van der Waals surface area contributed by atoms with Gasteiger partial charge in [-0.25, -0.2) is 4.79 Å². The van der Waals surface area contributed by atoms with Crippen molar-refractivity contribution in [2.24, 2.45) is 0 Å². The fourth-order valence-corrected chi connectivity index (χ4v) is 2.45. The summed E-state index contributed by atoms with van der Waals surface area (Å²) in [4.78, 5) is 24.2. The summed E-state index contributed by atoms with van der Waals surface area (Å²) in [6, 6.07) is 11.6. The van der Waals surface area contributed by atoms with Crippen molar-refractivity contribution in [3.8, 4) is 11.5 Å². The lowest BCUT2D eigenvalue weighted by Gasteiger charge is -2.18. The minimum Gasteiger partial charge on any atom is -0.497 e. The van der Waals surface area contributed by atoms with Crippen LogP contribution in [-0.2, 0) is 9.53 Å². The van der Waals surface area contributed by atoms with Gasteiger partial charge < -0.3 is 19.5 Å². The maximum atomic E-state index is 12.5. The maximum Gasteiger partial charge on any atom is 0.339 e. The van der Waals surface area contributed by atoms with E-state index in [1.54, 1.807) is 37.4 Å². The Bertz CT molecular complexity index is 793. The number of ether oxygens (including phenoxy) is 3. The van der Waals surface area contributed by atoms with E-state index in [-0.39, 0.29) is 16.5 Å². The van der Waals surface area contributed by atoms with E-state index in [1.165, 1.54) is 19.2 Å². The molecule has 0 fully saturated rings. The summed E-state index contributed by atoms with van der Waals surface area (Å²) < 4.78 is 15.6. The molecule has 6 nitrogen and oxygen atoms in total. The summed E-state index contributed by atoms with van der Waals surface area (Å²) >= 11 is 5.98. The van der Waals surface area contributed by atoms with Gasteiger partial charge in [0.05, 0.1) is 24.8 Å². The molecule has 1 amide bonds. The second-order valence-electron chi connectivity index (χ2n) is 5.37. The summed E-state index contributed by atoms with van der Waals surface area (Å²) in [5.74, 6) is 0.245. The van der Waals surface area contributed by atoms with Crippen molar-refractivity contribution in [1.29, 1.82) is 0 Å². The van der Waals surface area contributed by atoms with E-state index in [9.17, 15) is 9.59 Å². The SMILES string of the molecule is CC[C@@H](Oc1cccc(OC)c1)C(=O)Nc1ccc(Cl)c(C(=O)OC)c1. The van der Waals surface area contributed by atoms with Gasteiger partial charge in [0.15, 0.2) is 6.10 Å². The van der Waals surface area contributed by atoms with Crippen LogP contribution in [-0.4, -0.2) is 32.2 Å². The van der Waals surface area contributed by atoms with Crippen molar-refractivity contribution in [3.05, 3.63) is 53.1 Å². The van der Waals surface area contributed by atoms with Crippen LogP contribution >= 0.6 is 11.6 Å². The number of halogens is 1. The van der Waals surface area contributed by atoms with Gasteiger partial charge in [0.2, 0.25) is 0 Å². The molecule has 0 aromatic heterocycles. The van der Waals surface area contributed by atoms with E-state index in [0.717, 1.165) is 0 Å². The normalized spacial score (nSPS) is 11.4. The first-order valence-electron chi connectivity index (χ1n) is 7.98. The van der Waals surface area contributed by atoms with Crippen LogP contribution in [0.3, 0.4) is 0 Å². The highest BCUT2D eigenvalue weighted by atomic mass is 35.5. The van der Waals surface area contributed by atoms with Gasteiger partial charge >= 0.3 is 5.97 Å². The molecule has 0 radical (unpaired) electrons. The van der Waals surface area contributed by atoms with E-state index in [0.29, 0.717) is 23.6 Å². The molecule has 2 rings (SSSR count). The number of anilines is 1. The first kappa shape index (κ1) is 19.6. The first-order valence-corrected chi connectivity index (χ1v) is 8.35. The predicted molar refractivity (Wildman–Crippen MR) is 99.1 cm³/mol. The first-order chi connectivity index (χ1) is 12.5. The summed E-state index contributed by atoms with van der Waals surface area (Å²) in [6.45, 7) is 1.84. The van der Waals surface area contributed by atoms with Crippen LogP contribution < -0.4 is 14.8 Å². The van der Waals surface area contributed by atoms with Crippen molar-refractivity contribution < 1.29 is 23.8 Å². The number of carbonyl (C=O) groups is 2. The van der Waals surface area contributed by atoms with E-state index in [1.807, 2.05) is 6.92 Å². The summed E-state index contributed by atoms with van der Waals surface area (Å²) in [6.07, 6.45) is -0.250. The average Bonchev–Trinajstić information content (AvgIpc) is 2.66. The fourth-order valence-electron chi connectivity index (χ4n) is 2.25. The van der Waals surface area contributed by atoms with Gasteiger partial charge in [-0.1, -0.05) is 24.6 Å². The number of methoxy groups -OCH3 is 2. The lowest BCUT2D eigenvalue weighted by Crippen LogP contribution is -2.32. The minimum absolute atomic E-state index is 0.175. The van der Waals surface area contributed by atoms with Gasteiger partial charge in [0, 0.05) is 11.8 Å². The summed E-state index contributed by atoms with van der Waals surface area (Å²) in [5.41, 5.74) is 0.598. The number of amides is 1. The zero-order chi connectivity index (χ0) is 19.1. The van der Waals surface area contributed by atoms with Gasteiger partial charge in [-0.3, -0.25) is 4.79 Å². The second-order valence-corrected chi connectivity index (χ2v) is 5.78. The number of benzene rings is 2. The molecule has 0 aliphatic carbocycles. The highest BCUT2D eigenvalue weighted by molar-refractivity contribution is 6.33. The number of rotatable bonds is 7. The van der Waals surface area contributed by atoms with E-state index >= 15 is 0 Å². The Hall–Kier alpha value is -2.73. The smallest absolute Gasteiger partial charge is 0.339 e. The molecule has 2 aromatic rings. The summed E-state index contributed by atoms with van der Waals surface area (Å²) in [5, 5.41) is 2.97. The molecule has 0 saturated carbocycles. The number of hydrogen-bond donors (Lipinski definition) is 1. The molecular formula is C19H20ClNO5. The van der Waals surface area contributed by atoms with Crippen LogP contribution in [0.2, 0.25) is 5.02 Å². The van der Waals surface area contributed by atoms with Crippen molar-refractivity contribution in [3.63, 3.8) is 0 Å². The van der Waals surface area contributed by atoms with Gasteiger partial charge in [0.1, 0.15) is 11.5 Å². The van der Waals surface area contributed by atoms with Crippen molar-refractivity contribution in [1.82, 2.24) is 0 Å². The number of esters is 1. The molecule has 0 aliphatic rings. The van der Waals surface area contributed by atoms with Gasteiger partial charge in [-0.05, 0) is 36.8 Å². The molecule has 26 heavy (non-hydrogen) atoms.